The standard InChI is InChI=1S/C11H17NO2/c1-3-4-6-13-9-11-10(8-12-2)5-7-14-11/h3-5,7,12H,6,8-9H2,1-2H3. The first-order valence-electron chi connectivity index (χ1n) is 4.77. The molecule has 3 heteroatoms. The fourth-order valence-corrected chi connectivity index (χ4v) is 1.16. The van der Waals surface area contributed by atoms with Crippen LogP contribution in [0.25, 0.3) is 0 Å². The molecule has 1 N–H and O–H groups in total. The summed E-state index contributed by atoms with van der Waals surface area (Å²) in [6.07, 6.45) is 5.64. The molecule has 0 saturated heterocycles. The summed E-state index contributed by atoms with van der Waals surface area (Å²) in [4.78, 5) is 0. The molecular weight excluding hydrogens is 178 g/mol. The van der Waals surface area contributed by atoms with Crippen LogP contribution in [0.1, 0.15) is 18.2 Å². The highest BCUT2D eigenvalue weighted by Crippen LogP contribution is 2.11. The summed E-state index contributed by atoms with van der Waals surface area (Å²) in [6, 6.07) is 1.96. The minimum atomic E-state index is 0.536. The van der Waals surface area contributed by atoms with Crippen LogP contribution in [0.15, 0.2) is 28.9 Å². The molecule has 0 amide bonds. The maximum atomic E-state index is 5.40. The molecule has 0 atom stereocenters. The van der Waals surface area contributed by atoms with Crippen molar-refractivity contribution in [1.29, 1.82) is 0 Å². The summed E-state index contributed by atoms with van der Waals surface area (Å²) in [5.41, 5.74) is 1.16. The molecule has 0 aromatic carbocycles. The minimum absolute atomic E-state index is 0.536. The van der Waals surface area contributed by atoms with Gasteiger partial charge in [0.25, 0.3) is 0 Å². The topological polar surface area (TPSA) is 34.4 Å². The molecule has 0 unspecified atom stereocenters. The van der Waals surface area contributed by atoms with Crippen LogP contribution in [0.3, 0.4) is 0 Å². The van der Waals surface area contributed by atoms with E-state index in [0.29, 0.717) is 13.2 Å². The third kappa shape index (κ3) is 3.36. The molecule has 0 bridgehead atoms. The van der Waals surface area contributed by atoms with Gasteiger partial charge in [-0.2, -0.15) is 0 Å². The van der Waals surface area contributed by atoms with Crippen LogP contribution in [0.4, 0.5) is 0 Å². The smallest absolute Gasteiger partial charge is 0.133 e. The zero-order chi connectivity index (χ0) is 10.2. The molecule has 1 aromatic heterocycles. The number of hydrogen-bond acceptors (Lipinski definition) is 3. The quantitative estimate of drug-likeness (QED) is 0.557. The Balaban J connectivity index is 2.37. The van der Waals surface area contributed by atoms with E-state index in [1.165, 1.54) is 0 Å². The van der Waals surface area contributed by atoms with Gasteiger partial charge in [0, 0.05) is 12.1 Å². The average molecular weight is 195 g/mol. The van der Waals surface area contributed by atoms with E-state index in [4.69, 9.17) is 9.15 Å². The number of allylic oxidation sites excluding steroid dienone is 1. The van der Waals surface area contributed by atoms with Gasteiger partial charge in [-0.15, -0.1) is 0 Å². The van der Waals surface area contributed by atoms with Crippen LogP contribution in [-0.2, 0) is 17.9 Å². The second-order valence-electron chi connectivity index (χ2n) is 2.98. The van der Waals surface area contributed by atoms with E-state index in [-0.39, 0.29) is 0 Å². The summed E-state index contributed by atoms with van der Waals surface area (Å²) >= 11 is 0. The van der Waals surface area contributed by atoms with Crippen LogP contribution in [0, 0.1) is 0 Å². The van der Waals surface area contributed by atoms with Gasteiger partial charge in [-0.1, -0.05) is 12.2 Å². The number of furan rings is 1. The van der Waals surface area contributed by atoms with E-state index in [0.717, 1.165) is 17.9 Å². The van der Waals surface area contributed by atoms with Gasteiger partial charge in [-0.05, 0) is 20.0 Å². The lowest BCUT2D eigenvalue weighted by molar-refractivity contribution is 0.130. The summed E-state index contributed by atoms with van der Waals surface area (Å²) in [5, 5.41) is 3.08. The molecular formula is C11H17NO2. The van der Waals surface area contributed by atoms with Gasteiger partial charge in [-0.3, -0.25) is 0 Å². The molecule has 3 nitrogen and oxygen atoms in total. The number of hydrogen-bond donors (Lipinski definition) is 1. The van der Waals surface area contributed by atoms with E-state index in [9.17, 15) is 0 Å². The van der Waals surface area contributed by atoms with Crippen LogP contribution in [-0.4, -0.2) is 13.7 Å². The fraction of sp³-hybridized carbons (Fsp3) is 0.455. The largest absolute Gasteiger partial charge is 0.467 e. The van der Waals surface area contributed by atoms with E-state index >= 15 is 0 Å². The highest BCUT2D eigenvalue weighted by molar-refractivity contribution is 5.15. The molecule has 0 radical (unpaired) electrons. The SMILES string of the molecule is CC=CCOCc1occc1CNC. The minimum Gasteiger partial charge on any atom is -0.467 e. The van der Waals surface area contributed by atoms with Gasteiger partial charge < -0.3 is 14.5 Å². The lowest BCUT2D eigenvalue weighted by Crippen LogP contribution is -2.06. The highest BCUT2D eigenvalue weighted by atomic mass is 16.5. The van der Waals surface area contributed by atoms with Crippen LogP contribution >= 0.6 is 0 Å². The van der Waals surface area contributed by atoms with Crippen molar-refractivity contribution in [3.05, 3.63) is 35.8 Å². The second-order valence-corrected chi connectivity index (χ2v) is 2.98. The van der Waals surface area contributed by atoms with Gasteiger partial charge in [0.15, 0.2) is 0 Å². The highest BCUT2D eigenvalue weighted by Gasteiger charge is 2.04. The van der Waals surface area contributed by atoms with Crippen molar-refractivity contribution < 1.29 is 9.15 Å². The normalized spacial score (nSPS) is 11.3. The molecule has 0 fully saturated rings. The number of rotatable bonds is 6. The molecule has 1 rings (SSSR count). The molecule has 78 valence electrons. The molecule has 1 heterocycles. The zero-order valence-electron chi connectivity index (χ0n) is 8.75. The Morgan fingerprint density at radius 3 is 3.14 bits per heavy atom. The summed E-state index contributed by atoms with van der Waals surface area (Å²) in [7, 11) is 1.91. The second kappa shape index (κ2) is 6.40. The van der Waals surface area contributed by atoms with Crippen molar-refractivity contribution in [1.82, 2.24) is 5.32 Å². The number of nitrogens with one attached hydrogen (secondary N) is 1. The fourth-order valence-electron chi connectivity index (χ4n) is 1.16. The van der Waals surface area contributed by atoms with Gasteiger partial charge in [0.1, 0.15) is 12.4 Å². The Kier molecular flexibility index (Phi) is 5.04. The number of ether oxygens (including phenoxy) is 1. The lowest BCUT2D eigenvalue weighted by atomic mass is 10.2. The predicted molar refractivity (Wildman–Crippen MR) is 55.9 cm³/mol. The van der Waals surface area contributed by atoms with Crippen molar-refractivity contribution >= 4 is 0 Å². The Morgan fingerprint density at radius 2 is 2.43 bits per heavy atom. The Labute approximate surface area is 84.8 Å². The molecule has 14 heavy (non-hydrogen) atoms. The predicted octanol–water partition coefficient (Wildman–Crippen LogP) is 2.09. The Bertz CT molecular complexity index is 279. The van der Waals surface area contributed by atoms with E-state index in [1.807, 2.05) is 32.2 Å². The summed E-state index contributed by atoms with van der Waals surface area (Å²) in [5.74, 6) is 0.906. The van der Waals surface area contributed by atoms with Crippen molar-refractivity contribution in [3.8, 4) is 0 Å². The molecule has 0 aliphatic carbocycles. The van der Waals surface area contributed by atoms with E-state index < -0.39 is 0 Å². The van der Waals surface area contributed by atoms with E-state index in [2.05, 4.69) is 5.32 Å². The first kappa shape index (κ1) is 11.0. The van der Waals surface area contributed by atoms with Crippen molar-refractivity contribution in [2.24, 2.45) is 0 Å². The van der Waals surface area contributed by atoms with Crippen molar-refractivity contribution in [2.45, 2.75) is 20.1 Å². The Morgan fingerprint density at radius 1 is 1.57 bits per heavy atom. The monoisotopic (exact) mass is 195 g/mol. The molecule has 0 aliphatic heterocycles. The average Bonchev–Trinajstić information content (AvgIpc) is 2.61. The Hall–Kier alpha value is -1.06. The molecule has 0 saturated carbocycles. The van der Waals surface area contributed by atoms with Gasteiger partial charge in [0.2, 0.25) is 0 Å². The van der Waals surface area contributed by atoms with Crippen molar-refractivity contribution in [2.75, 3.05) is 13.7 Å². The summed E-state index contributed by atoms with van der Waals surface area (Å²) in [6.45, 7) is 3.96. The van der Waals surface area contributed by atoms with E-state index in [1.54, 1.807) is 6.26 Å². The maximum absolute atomic E-state index is 5.40. The lowest BCUT2D eigenvalue weighted by Gasteiger charge is -2.01. The first-order valence-corrected chi connectivity index (χ1v) is 4.77. The third-order valence-corrected chi connectivity index (χ3v) is 1.89. The zero-order valence-corrected chi connectivity index (χ0v) is 8.75. The van der Waals surface area contributed by atoms with Crippen LogP contribution in [0.5, 0.6) is 0 Å². The van der Waals surface area contributed by atoms with Gasteiger partial charge in [-0.25, -0.2) is 0 Å². The molecule has 1 aromatic rings. The third-order valence-electron chi connectivity index (χ3n) is 1.89. The van der Waals surface area contributed by atoms with Crippen molar-refractivity contribution in [3.63, 3.8) is 0 Å². The van der Waals surface area contributed by atoms with Crippen LogP contribution in [0.2, 0.25) is 0 Å². The van der Waals surface area contributed by atoms with Gasteiger partial charge in [0.05, 0.1) is 12.9 Å². The molecule has 0 spiro atoms. The molecule has 0 aliphatic rings. The maximum Gasteiger partial charge on any atom is 0.133 e. The van der Waals surface area contributed by atoms with Crippen LogP contribution < -0.4 is 5.32 Å². The van der Waals surface area contributed by atoms with Gasteiger partial charge >= 0.3 is 0 Å². The first-order chi connectivity index (χ1) is 6.88. The summed E-state index contributed by atoms with van der Waals surface area (Å²) < 4.78 is 10.7.